The van der Waals surface area contributed by atoms with Gasteiger partial charge in [0, 0.05) is 0 Å². The number of imide groups is 1. The topological polar surface area (TPSA) is 37.4 Å². The van der Waals surface area contributed by atoms with E-state index >= 15 is 0 Å². The molecule has 0 N–H and O–H groups in total. The van der Waals surface area contributed by atoms with Crippen molar-refractivity contribution in [3.63, 3.8) is 0 Å². The Morgan fingerprint density at radius 3 is 2.22 bits per heavy atom. The number of benzene rings is 1. The summed E-state index contributed by atoms with van der Waals surface area (Å²) in [5.41, 5.74) is 2.07. The van der Waals surface area contributed by atoms with Gasteiger partial charge in [-0.05, 0) is 31.4 Å². The molecule has 0 radical (unpaired) electrons. The Morgan fingerprint density at radius 2 is 1.67 bits per heavy atom. The average molecular weight is 241 g/mol. The SMILES string of the molecule is C=C1CCCCC1N1C(=O)c2ccccc2C1=O. The second kappa shape index (κ2) is 4.09. The summed E-state index contributed by atoms with van der Waals surface area (Å²) in [6.07, 6.45) is 3.93. The first-order valence-corrected chi connectivity index (χ1v) is 6.35. The molecule has 1 aliphatic heterocycles. The van der Waals surface area contributed by atoms with E-state index in [0.717, 1.165) is 31.3 Å². The molecule has 0 bridgehead atoms. The number of hydrogen-bond acceptors (Lipinski definition) is 2. The summed E-state index contributed by atoms with van der Waals surface area (Å²) in [5.74, 6) is -0.327. The summed E-state index contributed by atoms with van der Waals surface area (Å²) in [5, 5.41) is 0. The zero-order valence-electron chi connectivity index (χ0n) is 10.2. The number of fused-ring (bicyclic) bond motifs is 1. The predicted molar refractivity (Wildman–Crippen MR) is 68.3 cm³/mol. The molecule has 0 saturated heterocycles. The molecule has 3 nitrogen and oxygen atoms in total. The van der Waals surface area contributed by atoms with Crippen LogP contribution in [0.15, 0.2) is 36.4 Å². The highest BCUT2D eigenvalue weighted by Gasteiger charge is 2.40. The molecule has 1 atom stereocenters. The molecule has 3 heteroatoms. The lowest BCUT2D eigenvalue weighted by Gasteiger charge is -2.31. The van der Waals surface area contributed by atoms with Crippen LogP contribution in [0.3, 0.4) is 0 Å². The fraction of sp³-hybridized carbons (Fsp3) is 0.333. The lowest BCUT2D eigenvalue weighted by molar-refractivity contribution is 0.0590. The fourth-order valence-corrected chi connectivity index (χ4v) is 2.86. The van der Waals surface area contributed by atoms with E-state index in [4.69, 9.17) is 0 Å². The number of rotatable bonds is 1. The molecule has 92 valence electrons. The second-order valence-corrected chi connectivity index (χ2v) is 4.95. The Kier molecular flexibility index (Phi) is 2.54. The molecule has 1 heterocycles. The predicted octanol–water partition coefficient (Wildman–Crippen LogP) is 2.78. The molecule has 0 aromatic heterocycles. The third-order valence-electron chi connectivity index (χ3n) is 3.83. The van der Waals surface area contributed by atoms with E-state index < -0.39 is 0 Å². The van der Waals surface area contributed by atoms with Crippen LogP contribution in [0.2, 0.25) is 0 Å². The molecule has 1 saturated carbocycles. The van der Waals surface area contributed by atoms with E-state index in [1.54, 1.807) is 24.3 Å². The molecular weight excluding hydrogens is 226 g/mol. The van der Waals surface area contributed by atoms with Gasteiger partial charge in [0.15, 0.2) is 0 Å². The van der Waals surface area contributed by atoms with Crippen molar-refractivity contribution in [3.8, 4) is 0 Å². The Labute approximate surface area is 106 Å². The van der Waals surface area contributed by atoms with Gasteiger partial charge in [0.05, 0.1) is 17.2 Å². The molecule has 1 aromatic carbocycles. The molecule has 2 aliphatic rings. The lowest BCUT2D eigenvalue weighted by Crippen LogP contribution is -2.42. The van der Waals surface area contributed by atoms with Crippen LogP contribution >= 0.6 is 0 Å². The van der Waals surface area contributed by atoms with Gasteiger partial charge >= 0.3 is 0 Å². The minimum atomic E-state index is -0.163. The highest BCUT2D eigenvalue weighted by molar-refractivity contribution is 6.21. The Balaban J connectivity index is 1.99. The van der Waals surface area contributed by atoms with Crippen molar-refractivity contribution in [2.75, 3.05) is 0 Å². The van der Waals surface area contributed by atoms with E-state index in [1.807, 2.05) is 0 Å². The van der Waals surface area contributed by atoms with Gasteiger partial charge < -0.3 is 0 Å². The van der Waals surface area contributed by atoms with E-state index in [1.165, 1.54) is 4.90 Å². The summed E-state index contributed by atoms with van der Waals surface area (Å²) < 4.78 is 0. The third-order valence-corrected chi connectivity index (χ3v) is 3.83. The number of carbonyl (C=O) groups excluding carboxylic acids is 2. The third kappa shape index (κ3) is 1.50. The second-order valence-electron chi connectivity index (χ2n) is 4.95. The smallest absolute Gasteiger partial charge is 0.262 e. The molecule has 18 heavy (non-hydrogen) atoms. The standard InChI is InChI=1S/C15H15NO2/c1-10-6-2-5-9-13(10)16-14(17)11-7-3-4-8-12(11)15(16)18/h3-4,7-8,13H,1-2,5-6,9H2. The Morgan fingerprint density at radius 1 is 1.06 bits per heavy atom. The van der Waals surface area contributed by atoms with Gasteiger partial charge in [0.2, 0.25) is 0 Å². The zero-order valence-corrected chi connectivity index (χ0v) is 10.2. The van der Waals surface area contributed by atoms with E-state index in [0.29, 0.717) is 11.1 Å². The number of carbonyl (C=O) groups is 2. The molecule has 3 rings (SSSR count). The van der Waals surface area contributed by atoms with Crippen LogP contribution in [0, 0.1) is 0 Å². The van der Waals surface area contributed by atoms with Crippen LogP contribution in [0.1, 0.15) is 46.4 Å². The first-order chi connectivity index (χ1) is 8.70. The van der Waals surface area contributed by atoms with Crippen LogP contribution in [-0.4, -0.2) is 22.8 Å². The van der Waals surface area contributed by atoms with Gasteiger partial charge in [-0.3, -0.25) is 14.5 Å². The van der Waals surface area contributed by atoms with Gasteiger partial charge in [-0.15, -0.1) is 0 Å². The van der Waals surface area contributed by atoms with Gasteiger partial charge in [-0.2, -0.15) is 0 Å². The normalized spacial score (nSPS) is 23.4. The molecule has 1 aromatic rings. The summed E-state index contributed by atoms with van der Waals surface area (Å²) >= 11 is 0. The van der Waals surface area contributed by atoms with E-state index in [2.05, 4.69) is 6.58 Å². The van der Waals surface area contributed by atoms with E-state index in [9.17, 15) is 9.59 Å². The average Bonchev–Trinajstić information content (AvgIpc) is 2.64. The molecule has 1 fully saturated rings. The quantitative estimate of drug-likeness (QED) is 0.560. The minimum absolute atomic E-state index is 0.105. The highest BCUT2D eigenvalue weighted by Crippen LogP contribution is 2.32. The van der Waals surface area contributed by atoms with Crippen molar-refractivity contribution < 1.29 is 9.59 Å². The van der Waals surface area contributed by atoms with Crippen LogP contribution in [0.5, 0.6) is 0 Å². The van der Waals surface area contributed by atoms with Gasteiger partial charge in [0.25, 0.3) is 11.8 Å². The minimum Gasteiger partial charge on any atom is -0.269 e. The van der Waals surface area contributed by atoms with Gasteiger partial charge in [-0.25, -0.2) is 0 Å². The Bertz CT molecular complexity index is 512. The Hall–Kier alpha value is -1.90. The number of hydrogen-bond donors (Lipinski definition) is 0. The summed E-state index contributed by atoms with van der Waals surface area (Å²) in [4.78, 5) is 26.0. The maximum Gasteiger partial charge on any atom is 0.262 e. The maximum atomic E-state index is 12.3. The van der Waals surface area contributed by atoms with Crippen molar-refractivity contribution in [1.82, 2.24) is 4.90 Å². The maximum absolute atomic E-state index is 12.3. The lowest BCUT2D eigenvalue weighted by atomic mass is 9.90. The van der Waals surface area contributed by atoms with E-state index in [-0.39, 0.29) is 17.9 Å². The van der Waals surface area contributed by atoms with Crippen LogP contribution < -0.4 is 0 Å². The fourth-order valence-electron chi connectivity index (χ4n) is 2.86. The zero-order chi connectivity index (χ0) is 12.7. The van der Waals surface area contributed by atoms with Crippen molar-refractivity contribution in [2.24, 2.45) is 0 Å². The summed E-state index contributed by atoms with van der Waals surface area (Å²) in [6.45, 7) is 4.03. The van der Waals surface area contributed by atoms with Crippen LogP contribution in [-0.2, 0) is 0 Å². The van der Waals surface area contributed by atoms with Crippen molar-refractivity contribution in [3.05, 3.63) is 47.5 Å². The molecular formula is C15H15NO2. The van der Waals surface area contributed by atoms with Crippen molar-refractivity contribution in [1.29, 1.82) is 0 Å². The number of amides is 2. The molecule has 1 unspecified atom stereocenters. The highest BCUT2D eigenvalue weighted by atomic mass is 16.2. The van der Waals surface area contributed by atoms with Crippen molar-refractivity contribution in [2.45, 2.75) is 31.7 Å². The van der Waals surface area contributed by atoms with Crippen LogP contribution in [0.4, 0.5) is 0 Å². The monoisotopic (exact) mass is 241 g/mol. The van der Waals surface area contributed by atoms with Gasteiger partial charge in [0.1, 0.15) is 0 Å². The number of nitrogens with zero attached hydrogens (tertiary/aromatic N) is 1. The largest absolute Gasteiger partial charge is 0.269 e. The van der Waals surface area contributed by atoms with Crippen molar-refractivity contribution >= 4 is 11.8 Å². The summed E-state index contributed by atoms with van der Waals surface area (Å²) in [7, 11) is 0. The molecule has 2 amide bonds. The molecule has 1 aliphatic carbocycles. The molecule has 0 spiro atoms. The summed E-state index contributed by atoms with van der Waals surface area (Å²) in [6, 6.07) is 6.93. The first-order valence-electron chi connectivity index (χ1n) is 6.35. The van der Waals surface area contributed by atoms with Crippen LogP contribution in [0.25, 0.3) is 0 Å². The first kappa shape index (κ1) is 11.2. The van der Waals surface area contributed by atoms with Gasteiger partial charge in [-0.1, -0.05) is 30.7 Å².